The number of aryl methyl sites for hydroxylation is 2. The van der Waals surface area contributed by atoms with E-state index in [0.717, 1.165) is 12.0 Å². The Balaban J connectivity index is 2.25. The van der Waals surface area contributed by atoms with Crippen molar-refractivity contribution in [1.29, 1.82) is 0 Å². The molecule has 0 heterocycles. The average Bonchev–Trinajstić information content (AvgIpc) is 2.62. The second-order valence-electron chi connectivity index (χ2n) is 6.71. The van der Waals surface area contributed by atoms with Crippen LogP contribution in [0.15, 0.2) is 47.4 Å². The summed E-state index contributed by atoms with van der Waals surface area (Å²) in [6, 6.07) is 12.1. The zero-order valence-corrected chi connectivity index (χ0v) is 16.9. The highest BCUT2D eigenvalue weighted by atomic mass is 32.2. The van der Waals surface area contributed by atoms with Crippen molar-refractivity contribution in [3.8, 4) is 0 Å². The number of sulfonamides is 1. The molecule has 0 spiro atoms. The SMILES string of the molecule is CCc1ccc(C(CNS(=O)(=O)c2cc(C(=O)O)ccc2C)N(C)C)cc1. The largest absolute Gasteiger partial charge is 0.478 e. The van der Waals surface area contributed by atoms with Gasteiger partial charge in [-0.2, -0.15) is 0 Å². The Labute approximate surface area is 160 Å². The Bertz CT molecular complexity index is 906. The first kappa shape index (κ1) is 21.1. The van der Waals surface area contributed by atoms with E-state index in [1.807, 2.05) is 43.3 Å². The van der Waals surface area contributed by atoms with Crippen molar-refractivity contribution >= 4 is 16.0 Å². The van der Waals surface area contributed by atoms with Crippen LogP contribution in [0, 0.1) is 6.92 Å². The molecule has 1 unspecified atom stereocenters. The lowest BCUT2D eigenvalue weighted by Crippen LogP contribution is -2.35. The van der Waals surface area contributed by atoms with Gasteiger partial charge in [-0.05, 0) is 56.3 Å². The van der Waals surface area contributed by atoms with Crippen LogP contribution < -0.4 is 4.72 Å². The van der Waals surface area contributed by atoms with E-state index in [-0.39, 0.29) is 23.0 Å². The van der Waals surface area contributed by atoms with E-state index < -0.39 is 16.0 Å². The van der Waals surface area contributed by atoms with Crippen molar-refractivity contribution in [1.82, 2.24) is 9.62 Å². The Morgan fingerprint density at radius 3 is 2.30 bits per heavy atom. The third-order valence-electron chi connectivity index (χ3n) is 4.59. The molecule has 0 amide bonds. The zero-order chi connectivity index (χ0) is 20.2. The van der Waals surface area contributed by atoms with Gasteiger partial charge in [-0.1, -0.05) is 37.3 Å². The average molecular weight is 391 g/mol. The molecule has 2 aromatic carbocycles. The number of nitrogens with zero attached hydrogens (tertiary/aromatic N) is 1. The normalized spacial score (nSPS) is 12.9. The van der Waals surface area contributed by atoms with Crippen LogP contribution in [-0.4, -0.2) is 45.0 Å². The molecule has 1 atom stereocenters. The standard InChI is InChI=1S/C20H26N2O4S/c1-5-15-7-10-16(11-8-15)18(22(3)4)13-21-27(25,26)19-12-17(20(23)24)9-6-14(19)2/h6-12,18,21H,5,13H2,1-4H3,(H,23,24). The predicted octanol–water partition coefficient (Wildman–Crippen LogP) is 2.84. The summed E-state index contributed by atoms with van der Waals surface area (Å²) in [4.78, 5) is 13.1. The maximum Gasteiger partial charge on any atom is 0.335 e. The van der Waals surface area contributed by atoms with Crippen molar-refractivity contribution in [2.24, 2.45) is 0 Å². The topological polar surface area (TPSA) is 86.7 Å². The van der Waals surface area contributed by atoms with E-state index in [9.17, 15) is 13.2 Å². The summed E-state index contributed by atoms with van der Waals surface area (Å²) in [5.41, 5.74) is 2.68. The van der Waals surface area contributed by atoms with Crippen LogP contribution in [0.3, 0.4) is 0 Å². The third-order valence-corrected chi connectivity index (χ3v) is 6.15. The van der Waals surface area contributed by atoms with Gasteiger partial charge in [0.15, 0.2) is 0 Å². The van der Waals surface area contributed by atoms with Gasteiger partial charge in [0, 0.05) is 12.6 Å². The van der Waals surface area contributed by atoms with Crippen LogP contribution in [0.4, 0.5) is 0 Å². The summed E-state index contributed by atoms with van der Waals surface area (Å²) in [5, 5.41) is 9.13. The number of carboxylic acid groups (broad SMARTS) is 1. The summed E-state index contributed by atoms with van der Waals surface area (Å²) in [6.07, 6.45) is 0.943. The second kappa shape index (κ2) is 8.65. The fourth-order valence-corrected chi connectivity index (χ4v) is 4.17. The number of carbonyl (C=O) groups is 1. The maximum absolute atomic E-state index is 12.8. The summed E-state index contributed by atoms with van der Waals surface area (Å²) in [6.45, 7) is 3.91. The Kier molecular flexibility index (Phi) is 6.75. The lowest BCUT2D eigenvalue weighted by molar-refractivity contribution is 0.0696. The summed E-state index contributed by atoms with van der Waals surface area (Å²) >= 11 is 0. The highest BCUT2D eigenvalue weighted by Crippen LogP contribution is 2.21. The van der Waals surface area contributed by atoms with Gasteiger partial charge >= 0.3 is 5.97 Å². The number of likely N-dealkylation sites (N-methyl/N-ethyl adjacent to an activating group) is 1. The molecule has 2 rings (SSSR count). The number of hydrogen-bond donors (Lipinski definition) is 2. The Morgan fingerprint density at radius 2 is 1.78 bits per heavy atom. The molecule has 0 bridgehead atoms. The smallest absolute Gasteiger partial charge is 0.335 e. The summed E-state index contributed by atoms with van der Waals surface area (Å²) in [7, 11) is -0.0527. The molecule has 0 aliphatic carbocycles. The van der Waals surface area contributed by atoms with Crippen molar-refractivity contribution in [2.75, 3.05) is 20.6 Å². The molecule has 0 fully saturated rings. The van der Waals surface area contributed by atoms with E-state index in [1.165, 1.54) is 23.8 Å². The van der Waals surface area contributed by atoms with Crippen LogP contribution in [0.2, 0.25) is 0 Å². The number of carboxylic acids is 1. The van der Waals surface area contributed by atoms with Crippen LogP contribution in [0.5, 0.6) is 0 Å². The van der Waals surface area contributed by atoms with E-state index in [4.69, 9.17) is 5.11 Å². The second-order valence-corrected chi connectivity index (χ2v) is 8.45. The molecule has 2 aromatic rings. The molecule has 27 heavy (non-hydrogen) atoms. The van der Waals surface area contributed by atoms with E-state index in [0.29, 0.717) is 5.56 Å². The summed E-state index contributed by atoms with van der Waals surface area (Å²) < 4.78 is 28.2. The van der Waals surface area contributed by atoms with Gasteiger partial charge in [0.1, 0.15) is 0 Å². The van der Waals surface area contributed by atoms with Gasteiger partial charge in [0.2, 0.25) is 10.0 Å². The van der Waals surface area contributed by atoms with Gasteiger partial charge in [-0.3, -0.25) is 0 Å². The maximum atomic E-state index is 12.8. The third kappa shape index (κ3) is 5.15. The van der Waals surface area contributed by atoms with E-state index in [2.05, 4.69) is 11.6 Å². The van der Waals surface area contributed by atoms with Crippen LogP contribution >= 0.6 is 0 Å². The fraction of sp³-hybridized carbons (Fsp3) is 0.350. The number of hydrogen-bond acceptors (Lipinski definition) is 4. The molecule has 2 N–H and O–H groups in total. The Morgan fingerprint density at radius 1 is 1.15 bits per heavy atom. The Hall–Kier alpha value is -2.22. The van der Waals surface area contributed by atoms with Crippen molar-refractivity contribution in [3.63, 3.8) is 0 Å². The van der Waals surface area contributed by atoms with Crippen molar-refractivity contribution in [3.05, 3.63) is 64.7 Å². The number of aromatic carboxylic acids is 1. The van der Waals surface area contributed by atoms with Gasteiger partial charge in [0.05, 0.1) is 10.5 Å². The molecular formula is C20H26N2O4S. The molecule has 0 radical (unpaired) electrons. The van der Waals surface area contributed by atoms with Crippen molar-refractivity contribution in [2.45, 2.75) is 31.2 Å². The quantitative estimate of drug-likeness (QED) is 0.724. The zero-order valence-electron chi connectivity index (χ0n) is 16.1. The molecule has 146 valence electrons. The molecule has 0 saturated carbocycles. The fourth-order valence-electron chi connectivity index (χ4n) is 2.86. The lowest BCUT2D eigenvalue weighted by Gasteiger charge is -2.25. The number of rotatable bonds is 8. The highest BCUT2D eigenvalue weighted by Gasteiger charge is 2.22. The molecule has 6 nitrogen and oxygen atoms in total. The molecular weight excluding hydrogens is 364 g/mol. The lowest BCUT2D eigenvalue weighted by atomic mass is 10.0. The molecule has 0 saturated heterocycles. The molecule has 7 heteroatoms. The molecule has 0 aliphatic rings. The first-order valence-electron chi connectivity index (χ1n) is 8.74. The minimum atomic E-state index is -3.84. The predicted molar refractivity (Wildman–Crippen MR) is 106 cm³/mol. The first-order chi connectivity index (χ1) is 12.7. The monoisotopic (exact) mass is 390 g/mol. The molecule has 0 aliphatic heterocycles. The molecule has 0 aromatic heterocycles. The first-order valence-corrected chi connectivity index (χ1v) is 10.2. The van der Waals surface area contributed by atoms with Crippen LogP contribution in [0.25, 0.3) is 0 Å². The van der Waals surface area contributed by atoms with Gasteiger partial charge in [0.25, 0.3) is 0 Å². The minimum absolute atomic E-state index is 0.0127. The van der Waals surface area contributed by atoms with E-state index >= 15 is 0 Å². The summed E-state index contributed by atoms with van der Waals surface area (Å²) in [5.74, 6) is -1.16. The highest BCUT2D eigenvalue weighted by molar-refractivity contribution is 7.89. The number of benzene rings is 2. The minimum Gasteiger partial charge on any atom is -0.478 e. The van der Waals surface area contributed by atoms with Gasteiger partial charge in [-0.15, -0.1) is 0 Å². The number of nitrogens with one attached hydrogen (secondary N) is 1. The van der Waals surface area contributed by atoms with Gasteiger partial charge < -0.3 is 10.0 Å². The van der Waals surface area contributed by atoms with Crippen LogP contribution in [0.1, 0.15) is 40.0 Å². The van der Waals surface area contributed by atoms with Gasteiger partial charge in [-0.25, -0.2) is 17.9 Å². The van der Waals surface area contributed by atoms with Crippen LogP contribution in [-0.2, 0) is 16.4 Å². The van der Waals surface area contributed by atoms with Crippen molar-refractivity contribution < 1.29 is 18.3 Å². The van der Waals surface area contributed by atoms with E-state index in [1.54, 1.807) is 6.92 Å².